The van der Waals surface area contributed by atoms with E-state index in [0.717, 1.165) is 16.1 Å². The Morgan fingerprint density at radius 3 is 2.25 bits per heavy atom. The Kier molecular flexibility index (Phi) is 11.0. The van der Waals surface area contributed by atoms with Crippen LogP contribution in [-0.2, 0) is 32.6 Å². The maximum Gasteiger partial charge on any atom is 0.244 e. The molecule has 2 amide bonds. The third-order valence-corrected chi connectivity index (χ3v) is 8.09. The lowest BCUT2D eigenvalue weighted by Crippen LogP contribution is -2.54. The van der Waals surface area contributed by atoms with E-state index in [2.05, 4.69) is 5.32 Å². The van der Waals surface area contributed by atoms with Gasteiger partial charge in [0.25, 0.3) is 0 Å². The quantitative estimate of drug-likeness (QED) is 0.296. The Morgan fingerprint density at radius 1 is 1.00 bits per heavy atom. The molecule has 0 unspecified atom stereocenters. The van der Waals surface area contributed by atoms with Crippen molar-refractivity contribution in [3.8, 4) is 0 Å². The average molecular weight is 609 g/mol. The first kappa shape index (κ1) is 31.4. The summed E-state index contributed by atoms with van der Waals surface area (Å²) in [6, 6.07) is 18.0. The molecule has 3 aromatic rings. The van der Waals surface area contributed by atoms with Crippen molar-refractivity contribution in [3.05, 3.63) is 99.8 Å². The number of hydrogen-bond donors (Lipinski definition) is 1. The van der Waals surface area contributed by atoms with Gasteiger partial charge in [-0.15, -0.1) is 0 Å². The van der Waals surface area contributed by atoms with E-state index in [0.29, 0.717) is 11.4 Å². The second-order valence-electron chi connectivity index (χ2n) is 9.50. The van der Waals surface area contributed by atoms with Gasteiger partial charge < -0.3 is 10.2 Å². The molecule has 214 valence electrons. The van der Waals surface area contributed by atoms with E-state index < -0.39 is 40.2 Å². The summed E-state index contributed by atoms with van der Waals surface area (Å²) in [4.78, 5) is 28.9. The maximum absolute atomic E-state index is 14.8. The third kappa shape index (κ3) is 8.43. The zero-order chi connectivity index (χ0) is 29.4. The minimum atomic E-state index is -4.01. The van der Waals surface area contributed by atoms with Crippen LogP contribution in [0.4, 0.5) is 10.1 Å². The highest BCUT2D eigenvalue weighted by atomic mass is 35.5. The number of anilines is 1. The average Bonchev–Trinajstić information content (AvgIpc) is 2.90. The van der Waals surface area contributed by atoms with Crippen LogP contribution in [0.5, 0.6) is 0 Å². The van der Waals surface area contributed by atoms with E-state index in [-0.39, 0.29) is 35.3 Å². The number of nitrogens with zero attached hydrogens (tertiary/aromatic N) is 2. The molecule has 40 heavy (non-hydrogen) atoms. The minimum absolute atomic E-state index is 0.0294. The number of carbonyl (C=O) groups is 2. The Balaban J connectivity index is 2.09. The van der Waals surface area contributed by atoms with Crippen LogP contribution in [0.15, 0.2) is 72.8 Å². The smallest absolute Gasteiger partial charge is 0.244 e. The van der Waals surface area contributed by atoms with Crippen molar-refractivity contribution < 1.29 is 22.4 Å². The van der Waals surface area contributed by atoms with Crippen LogP contribution in [0.3, 0.4) is 0 Å². The number of sulfonamides is 1. The molecule has 0 bridgehead atoms. The molecule has 2 atom stereocenters. The fourth-order valence-corrected chi connectivity index (χ4v) is 5.51. The molecular formula is C29H32Cl2FN3O4S. The Bertz CT molecular complexity index is 1440. The SMILES string of the molecule is CC[C@H](C)NC(=O)[C@@H](Cc1ccccc1)N(Cc1ccccc1F)C(=O)CN(c1ccc(Cl)cc1Cl)S(C)(=O)=O. The second-order valence-corrected chi connectivity index (χ2v) is 12.3. The van der Waals surface area contributed by atoms with Gasteiger partial charge in [-0.25, -0.2) is 12.8 Å². The second kappa shape index (κ2) is 14.0. The van der Waals surface area contributed by atoms with Crippen molar-refractivity contribution in [2.24, 2.45) is 0 Å². The summed E-state index contributed by atoms with van der Waals surface area (Å²) < 4.78 is 41.3. The van der Waals surface area contributed by atoms with Crippen LogP contribution in [0.2, 0.25) is 10.0 Å². The lowest BCUT2D eigenvalue weighted by molar-refractivity contribution is -0.140. The highest BCUT2D eigenvalue weighted by molar-refractivity contribution is 7.92. The molecule has 1 N–H and O–H groups in total. The fraction of sp³-hybridized carbons (Fsp3) is 0.310. The van der Waals surface area contributed by atoms with Crippen molar-refractivity contribution in [2.75, 3.05) is 17.1 Å². The molecule has 0 aliphatic carbocycles. The monoisotopic (exact) mass is 607 g/mol. The molecule has 7 nitrogen and oxygen atoms in total. The highest BCUT2D eigenvalue weighted by Gasteiger charge is 2.34. The van der Waals surface area contributed by atoms with Gasteiger partial charge >= 0.3 is 0 Å². The Morgan fingerprint density at radius 2 is 1.65 bits per heavy atom. The van der Waals surface area contributed by atoms with Gasteiger partial charge in [0.2, 0.25) is 21.8 Å². The summed E-state index contributed by atoms with van der Waals surface area (Å²) in [6.45, 7) is 2.83. The van der Waals surface area contributed by atoms with E-state index in [4.69, 9.17) is 23.2 Å². The van der Waals surface area contributed by atoms with Gasteiger partial charge in [0.05, 0.1) is 17.0 Å². The number of carbonyl (C=O) groups excluding carboxylic acids is 2. The molecule has 0 radical (unpaired) electrons. The third-order valence-electron chi connectivity index (χ3n) is 6.43. The maximum atomic E-state index is 14.8. The van der Waals surface area contributed by atoms with Crippen molar-refractivity contribution in [1.82, 2.24) is 10.2 Å². The number of nitrogens with one attached hydrogen (secondary N) is 1. The van der Waals surface area contributed by atoms with Gasteiger partial charge in [-0.3, -0.25) is 13.9 Å². The van der Waals surface area contributed by atoms with Crippen LogP contribution >= 0.6 is 23.2 Å². The first-order valence-electron chi connectivity index (χ1n) is 12.7. The van der Waals surface area contributed by atoms with E-state index in [9.17, 15) is 22.4 Å². The van der Waals surface area contributed by atoms with Crippen LogP contribution in [0, 0.1) is 5.82 Å². The molecule has 3 aromatic carbocycles. The van der Waals surface area contributed by atoms with Gasteiger partial charge in [-0.05, 0) is 43.2 Å². The largest absolute Gasteiger partial charge is 0.352 e. The van der Waals surface area contributed by atoms with E-state index in [1.54, 1.807) is 6.07 Å². The zero-order valence-electron chi connectivity index (χ0n) is 22.5. The number of hydrogen-bond acceptors (Lipinski definition) is 4. The van der Waals surface area contributed by atoms with E-state index in [1.165, 1.54) is 41.3 Å². The van der Waals surface area contributed by atoms with Gasteiger partial charge in [0, 0.05) is 29.6 Å². The predicted octanol–water partition coefficient (Wildman–Crippen LogP) is 5.45. The van der Waals surface area contributed by atoms with Gasteiger partial charge in [0.15, 0.2) is 0 Å². The molecule has 0 aromatic heterocycles. The summed E-state index contributed by atoms with van der Waals surface area (Å²) in [6.07, 6.45) is 1.73. The van der Waals surface area contributed by atoms with Crippen LogP contribution in [0.25, 0.3) is 0 Å². The van der Waals surface area contributed by atoms with Crippen molar-refractivity contribution in [1.29, 1.82) is 0 Å². The van der Waals surface area contributed by atoms with Crippen molar-refractivity contribution in [3.63, 3.8) is 0 Å². The fourth-order valence-electron chi connectivity index (χ4n) is 4.08. The molecule has 11 heteroatoms. The van der Waals surface area contributed by atoms with Gasteiger partial charge in [-0.2, -0.15) is 0 Å². The number of rotatable bonds is 12. The molecule has 0 aliphatic rings. The summed E-state index contributed by atoms with van der Waals surface area (Å²) in [5.74, 6) is -1.69. The first-order chi connectivity index (χ1) is 18.9. The van der Waals surface area contributed by atoms with Crippen LogP contribution in [0.1, 0.15) is 31.4 Å². The molecular weight excluding hydrogens is 576 g/mol. The number of benzene rings is 3. The van der Waals surface area contributed by atoms with E-state index >= 15 is 0 Å². The first-order valence-corrected chi connectivity index (χ1v) is 15.3. The van der Waals surface area contributed by atoms with Crippen LogP contribution < -0.4 is 9.62 Å². The molecule has 0 spiro atoms. The molecule has 0 saturated heterocycles. The predicted molar refractivity (Wildman–Crippen MR) is 157 cm³/mol. The highest BCUT2D eigenvalue weighted by Crippen LogP contribution is 2.30. The minimum Gasteiger partial charge on any atom is -0.352 e. The van der Waals surface area contributed by atoms with E-state index in [1.807, 2.05) is 44.2 Å². The normalized spacial score (nSPS) is 12.8. The Hall–Kier alpha value is -3.14. The van der Waals surface area contributed by atoms with Gasteiger partial charge in [-0.1, -0.05) is 78.7 Å². The Labute approximate surface area is 244 Å². The van der Waals surface area contributed by atoms with Gasteiger partial charge in [0.1, 0.15) is 18.4 Å². The molecule has 0 aliphatic heterocycles. The number of amides is 2. The molecule has 3 rings (SSSR count). The summed E-state index contributed by atoms with van der Waals surface area (Å²) in [5, 5.41) is 3.24. The summed E-state index contributed by atoms with van der Waals surface area (Å²) in [7, 11) is -4.01. The van der Waals surface area contributed by atoms with Crippen LogP contribution in [-0.4, -0.2) is 50.0 Å². The summed E-state index contributed by atoms with van der Waals surface area (Å²) >= 11 is 12.3. The lowest BCUT2D eigenvalue weighted by atomic mass is 10.0. The lowest BCUT2D eigenvalue weighted by Gasteiger charge is -2.34. The topological polar surface area (TPSA) is 86.8 Å². The van der Waals surface area contributed by atoms with Crippen molar-refractivity contribution in [2.45, 2.75) is 45.3 Å². The summed E-state index contributed by atoms with van der Waals surface area (Å²) in [5.41, 5.74) is 1.01. The van der Waals surface area contributed by atoms with Crippen molar-refractivity contribution >= 4 is 50.7 Å². The molecule has 0 saturated carbocycles. The molecule has 0 heterocycles. The standard InChI is InChI=1S/C29H32Cl2FN3O4S/c1-4-20(2)33-29(37)27(16-21-10-6-5-7-11-21)34(18-22-12-8-9-13-25(22)32)28(36)19-35(40(3,38)39)26-15-14-23(30)17-24(26)31/h5-15,17,20,27H,4,16,18-19H2,1-3H3,(H,33,37)/t20-,27+/m0/s1. The molecule has 0 fully saturated rings. The zero-order valence-corrected chi connectivity index (χ0v) is 24.8. The number of halogens is 3.